The van der Waals surface area contributed by atoms with E-state index in [1.807, 2.05) is 44.2 Å². The van der Waals surface area contributed by atoms with E-state index in [-0.39, 0.29) is 18.6 Å². The number of carbonyl (C=O) groups is 1. The van der Waals surface area contributed by atoms with Crippen LogP contribution in [0.2, 0.25) is 0 Å². The van der Waals surface area contributed by atoms with Gasteiger partial charge < -0.3 is 19.4 Å². The van der Waals surface area contributed by atoms with Crippen LogP contribution in [0.5, 0.6) is 5.75 Å². The van der Waals surface area contributed by atoms with E-state index in [4.69, 9.17) is 9.15 Å². The van der Waals surface area contributed by atoms with Crippen molar-refractivity contribution in [2.45, 2.75) is 32.9 Å². The molecule has 1 N–H and O–H groups in total. The number of aromatic nitrogens is 2. The molecule has 27 heavy (non-hydrogen) atoms. The molecule has 2 amide bonds. The number of hydrogen-bond donors (Lipinski definition) is 1. The molecule has 0 spiro atoms. The van der Waals surface area contributed by atoms with Gasteiger partial charge in [-0.15, -0.1) is 10.2 Å². The fourth-order valence-electron chi connectivity index (χ4n) is 2.79. The second kappa shape index (κ2) is 8.07. The first kappa shape index (κ1) is 18.7. The molecule has 0 aliphatic heterocycles. The Kier molecular flexibility index (Phi) is 5.59. The minimum absolute atomic E-state index is 0.139. The number of aryl methyl sites for hydroxylation is 1. The van der Waals surface area contributed by atoms with Crippen LogP contribution in [-0.4, -0.2) is 35.3 Å². The first-order valence-electron chi connectivity index (χ1n) is 8.90. The molecule has 142 valence electrons. The van der Waals surface area contributed by atoms with E-state index in [2.05, 4.69) is 21.6 Å². The van der Waals surface area contributed by atoms with E-state index in [0.29, 0.717) is 18.2 Å². The summed E-state index contributed by atoms with van der Waals surface area (Å²) in [6, 6.07) is 11.7. The van der Waals surface area contributed by atoms with E-state index in [0.717, 1.165) is 22.1 Å². The molecular weight excluding hydrogens is 344 g/mol. The number of nitrogens with one attached hydrogen (secondary N) is 1. The average Bonchev–Trinajstić information content (AvgIpc) is 3.14. The average molecular weight is 368 g/mol. The highest BCUT2D eigenvalue weighted by Gasteiger charge is 2.16. The van der Waals surface area contributed by atoms with Crippen molar-refractivity contribution in [2.24, 2.45) is 0 Å². The molecule has 0 aliphatic carbocycles. The summed E-state index contributed by atoms with van der Waals surface area (Å²) in [5, 5.41) is 13.0. The molecule has 3 aromatic rings. The summed E-state index contributed by atoms with van der Waals surface area (Å²) < 4.78 is 10.7. The van der Waals surface area contributed by atoms with Crippen LogP contribution in [0.15, 0.2) is 40.8 Å². The summed E-state index contributed by atoms with van der Waals surface area (Å²) in [7, 11) is 3.35. The molecule has 1 atom stereocenters. The fraction of sp³-hybridized carbons (Fsp3) is 0.350. The summed E-state index contributed by atoms with van der Waals surface area (Å²) in [4.78, 5) is 14.0. The number of methoxy groups -OCH3 is 1. The standard InChI is InChI=1S/C20H24N4O3/c1-5-18-22-23-19(27-18)12-24(3)20(25)21-13(2)14-6-7-16-11-17(26-4)9-8-15(16)10-14/h6-11,13H,5,12H2,1-4H3,(H,21,25)/t13-/m1/s1. The van der Waals surface area contributed by atoms with Gasteiger partial charge in [0.15, 0.2) is 0 Å². The van der Waals surface area contributed by atoms with Crippen molar-refractivity contribution in [1.29, 1.82) is 0 Å². The van der Waals surface area contributed by atoms with E-state index >= 15 is 0 Å². The molecule has 0 saturated heterocycles. The number of rotatable bonds is 6. The van der Waals surface area contributed by atoms with Crippen molar-refractivity contribution in [2.75, 3.05) is 14.2 Å². The second-order valence-electron chi connectivity index (χ2n) is 6.44. The largest absolute Gasteiger partial charge is 0.497 e. The predicted molar refractivity (Wildman–Crippen MR) is 103 cm³/mol. The second-order valence-corrected chi connectivity index (χ2v) is 6.44. The number of amides is 2. The van der Waals surface area contributed by atoms with Crippen molar-refractivity contribution in [3.05, 3.63) is 53.7 Å². The van der Waals surface area contributed by atoms with Gasteiger partial charge in [-0.25, -0.2) is 4.79 Å². The van der Waals surface area contributed by atoms with E-state index in [9.17, 15) is 4.79 Å². The van der Waals surface area contributed by atoms with Crippen LogP contribution in [0, 0.1) is 0 Å². The zero-order chi connectivity index (χ0) is 19.4. The Morgan fingerprint density at radius 3 is 2.59 bits per heavy atom. The first-order chi connectivity index (χ1) is 13.0. The number of carbonyl (C=O) groups excluding carboxylic acids is 1. The monoisotopic (exact) mass is 368 g/mol. The van der Waals surface area contributed by atoms with Gasteiger partial charge in [0.2, 0.25) is 11.8 Å². The lowest BCUT2D eigenvalue weighted by Gasteiger charge is -2.20. The third-order valence-corrected chi connectivity index (χ3v) is 4.44. The zero-order valence-electron chi connectivity index (χ0n) is 16.0. The minimum Gasteiger partial charge on any atom is -0.497 e. The zero-order valence-corrected chi connectivity index (χ0v) is 16.0. The van der Waals surface area contributed by atoms with Gasteiger partial charge in [-0.05, 0) is 41.5 Å². The van der Waals surface area contributed by atoms with Gasteiger partial charge in [-0.3, -0.25) is 0 Å². The summed E-state index contributed by atoms with van der Waals surface area (Å²) >= 11 is 0. The molecule has 0 saturated carbocycles. The van der Waals surface area contributed by atoms with Gasteiger partial charge in [0.1, 0.15) is 12.3 Å². The lowest BCUT2D eigenvalue weighted by molar-refractivity contribution is 0.198. The molecule has 0 radical (unpaired) electrons. The molecule has 0 aliphatic rings. The third-order valence-electron chi connectivity index (χ3n) is 4.44. The summed E-state index contributed by atoms with van der Waals surface area (Å²) in [5.41, 5.74) is 1.03. The molecule has 0 unspecified atom stereocenters. The van der Waals surface area contributed by atoms with Crippen LogP contribution in [0.4, 0.5) is 4.79 Å². The number of ether oxygens (including phenoxy) is 1. The minimum atomic E-state index is -0.200. The Labute approximate surface area is 158 Å². The highest BCUT2D eigenvalue weighted by molar-refractivity contribution is 5.85. The van der Waals surface area contributed by atoms with Crippen molar-refractivity contribution in [3.8, 4) is 5.75 Å². The third kappa shape index (κ3) is 4.36. The van der Waals surface area contributed by atoms with Crippen molar-refractivity contribution in [1.82, 2.24) is 20.4 Å². The first-order valence-corrected chi connectivity index (χ1v) is 8.90. The van der Waals surface area contributed by atoms with E-state index in [1.165, 1.54) is 4.90 Å². The number of benzene rings is 2. The lowest BCUT2D eigenvalue weighted by atomic mass is 10.0. The van der Waals surface area contributed by atoms with Crippen LogP contribution < -0.4 is 10.1 Å². The molecule has 0 fully saturated rings. The molecule has 1 heterocycles. The Hall–Kier alpha value is -3.09. The Morgan fingerprint density at radius 1 is 1.19 bits per heavy atom. The smallest absolute Gasteiger partial charge is 0.318 e. The quantitative estimate of drug-likeness (QED) is 0.718. The fourth-order valence-corrected chi connectivity index (χ4v) is 2.79. The van der Waals surface area contributed by atoms with Gasteiger partial charge in [0, 0.05) is 13.5 Å². The van der Waals surface area contributed by atoms with Crippen LogP contribution in [0.1, 0.15) is 37.2 Å². The SMILES string of the molecule is CCc1nnc(CN(C)C(=O)N[C@H](C)c2ccc3cc(OC)ccc3c2)o1. The summed E-state index contributed by atoms with van der Waals surface area (Å²) in [6.07, 6.45) is 0.674. The van der Waals surface area contributed by atoms with Gasteiger partial charge >= 0.3 is 6.03 Å². The van der Waals surface area contributed by atoms with Crippen LogP contribution in [-0.2, 0) is 13.0 Å². The normalized spacial score (nSPS) is 12.0. The van der Waals surface area contributed by atoms with Gasteiger partial charge in [0.25, 0.3) is 0 Å². The van der Waals surface area contributed by atoms with Gasteiger partial charge in [-0.1, -0.05) is 25.1 Å². The maximum atomic E-state index is 12.5. The molecule has 7 nitrogen and oxygen atoms in total. The van der Waals surface area contributed by atoms with E-state index in [1.54, 1.807) is 14.2 Å². The topological polar surface area (TPSA) is 80.5 Å². The summed E-state index contributed by atoms with van der Waals surface area (Å²) in [5.74, 6) is 1.82. The Balaban J connectivity index is 1.65. The molecular formula is C20H24N4O3. The van der Waals surface area contributed by atoms with E-state index < -0.39 is 0 Å². The molecule has 3 rings (SSSR count). The summed E-state index contributed by atoms with van der Waals surface area (Å²) in [6.45, 7) is 4.16. The maximum absolute atomic E-state index is 12.5. The highest BCUT2D eigenvalue weighted by atomic mass is 16.5. The predicted octanol–water partition coefficient (Wildman–Crippen LogP) is 3.70. The molecule has 1 aromatic heterocycles. The number of hydrogen-bond acceptors (Lipinski definition) is 5. The Morgan fingerprint density at radius 2 is 1.89 bits per heavy atom. The maximum Gasteiger partial charge on any atom is 0.318 e. The number of nitrogens with zero attached hydrogens (tertiary/aromatic N) is 3. The number of fused-ring (bicyclic) bond motifs is 1. The Bertz CT molecular complexity index is 938. The van der Waals surface area contributed by atoms with Crippen LogP contribution in [0.3, 0.4) is 0 Å². The highest BCUT2D eigenvalue weighted by Crippen LogP contribution is 2.24. The van der Waals surface area contributed by atoms with Gasteiger partial charge in [-0.2, -0.15) is 0 Å². The molecule has 2 aromatic carbocycles. The van der Waals surface area contributed by atoms with Crippen LogP contribution in [0.25, 0.3) is 10.8 Å². The lowest BCUT2D eigenvalue weighted by Crippen LogP contribution is -2.38. The van der Waals surface area contributed by atoms with Crippen molar-refractivity contribution in [3.63, 3.8) is 0 Å². The molecule has 0 bridgehead atoms. The van der Waals surface area contributed by atoms with Crippen LogP contribution >= 0.6 is 0 Å². The van der Waals surface area contributed by atoms with Gasteiger partial charge in [0.05, 0.1) is 13.2 Å². The van der Waals surface area contributed by atoms with Crippen molar-refractivity contribution >= 4 is 16.8 Å². The van der Waals surface area contributed by atoms with Crippen molar-refractivity contribution < 1.29 is 13.9 Å². The number of urea groups is 1. The molecule has 7 heteroatoms.